The fourth-order valence-corrected chi connectivity index (χ4v) is 2.12. The molecule has 0 N–H and O–H groups in total. The van der Waals surface area contributed by atoms with Gasteiger partial charge in [0.05, 0.1) is 13.2 Å². The predicted octanol–water partition coefficient (Wildman–Crippen LogP) is 5.86. The van der Waals surface area contributed by atoms with Crippen molar-refractivity contribution >= 4 is 6.16 Å². The molecule has 0 spiro atoms. The van der Waals surface area contributed by atoms with Crippen molar-refractivity contribution in [3.8, 4) is 0 Å². The molecule has 0 atom stereocenters. The van der Waals surface area contributed by atoms with Crippen molar-refractivity contribution < 1.29 is 14.3 Å². The van der Waals surface area contributed by atoms with Crippen molar-refractivity contribution in [2.45, 2.75) is 90.9 Å². The Labute approximate surface area is 125 Å². The molecule has 0 aromatic carbocycles. The number of unbranched alkanes of at least 4 members (excludes halogenated alkanes) is 10. The van der Waals surface area contributed by atoms with Gasteiger partial charge in [0.15, 0.2) is 0 Å². The highest BCUT2D eigenvalue weighted by atomic mass is 16.7. The van der Waals surface area contributed by atoms with E-state index in [1.807, 2.05) is 0 Å². The van der Waals surface area contributed by atoms with Gasteiger partial charge < -0.3 is 9.47 Å². The second kappa shape index (κ2) is 16.3. The van der Waals surface area contributed by atoms with E-state index < -0.39 is 6.16 Å². The van der Waals surface area contributed by atoms with E-state index in [2.05, 4.69) is 13.8 Å². The number of hydrogen-bond acceptors (Lipinski definition) is 3. The van der Waals surface area contributed by atoms with E-state index in [4.69, 9.17) is 9.47 Å². The minimum absolute atomic E-state index is 0.491. The van der Waals surface area contributed by atoms with E-state index in [0.29, 0.717) is 13.2 Å². The Morgan fingerprint density at radius 1 is 0.600 bits per heavy atom. The summed E-state index contributed by atoms with van der Waals surface area (Å²) in [5.74, 6) is 0. The molecule has 0 bridgehead atoms. The fraction of sp³-hybridized carbons (Fsp3) is 0.941. The van der Waals surface area contributed by atoms with E-state index in [9.17, 15) is 4.79 Å². The van der Waals surface area contributed by atoms with Crippen molar-refractivity contribution in [1.29, 1.82) is 0 Å². The van der Waals surface area contributed by atoms with E-state index in [0.717, 1.165) is 32.1 Å². The molecule has 0 rings (SSSR count). The maximum Gasteiger partial charge on any atom is 0.508 e. The van der Waals surface area contributed by atoms with Gasteiger partial charge in [-0.3, -0.25) is 0 Å². The van der Waals surface area contributed by atoms with Gasteiger partial charge in [0.2, 0.25) is 0 Å². The van der Waals surface area contributed by atoms with Gasteiger partial charge in [-0.2, -0.15) is 0 Å². The quantitative estimate of drug-likeness (QED) is 0.296. The molecule has 120 valence electrons. The molecular formula is C17H34O3. The Morgan fingerprint density at radius 3 is 1.45 bits per heavy atom. The Morgan fingerprint density at radius 2 is 0.950 bits per heavy atom. The lowest BCUT2D eigenvalue weighted by atomic mass is 10.1. The number of carbonyl (C=O) groups excluding carboxylic acids is 1. The molecule has 0 amide bonds. The molecule has 0 saturated heterocycles. The standard InChI is InChI=1S/C17H34O3/c1-3-5-7-8-9-10-11-12-14-16-20-17(18)19-15-13-6-4-2/h3-16H2,1-2H3. The molecule has 0 aliphatic rings. The zero-order valence-corrected chi connectivity index (χ0v) is 13.6. The average molecular weight is 286 g/mol. The highest BCUT2D eigenvalue weighted by molar-refractivity contribution is 5.59. The lowest BCUT2D eigenvalue weighted by Crippen LogP contribution is -2.09. The summed E-state index contributed by atoms with van der Waals surface area (Å²) >= 11 is 0. The van der Waals surface area contributed by atoms with E-state index >= 15 is 0 Å². The molecule has 20 heavy (non-hydrogen) atoms. The lowest BCUT2D eigenvalue weighted by molar-refractivity contribution is 0.0530. The third-order valence-corrected chi connectivity index (χ3v) is 3.44. The summed E-state index contributed by atoms with van der Waals surface area (Å²) in [5, 5.41) is 0. The average Bonchev–Trinajstić information content (AvgIpc) is 2.45. The Bertz CT molecular complexity index is 204. The molecule has 0 aliphatic carbocycles. The second-order valence-corrected chi connectivity index (χ2v) is 5.48. The first-order valence-electron chi connectivity index (χ1n) is 8.60. The van der Waals surface area contributed by atoms with Gasteiger partial charge in [-0.05, 0) is 12.8 Å². The van der Waals surface area contributed by atoms with Gasteiger partial charge in [-0.1, -0.05) is 78.1 Å². The van der Waals surface area contributed by atoms with Crippen molar-refractivity contribution in [2.24, 2.45) is 0 Å². The molecule has 0 radical (unpaired) electrons. The molecule has 0 heterocycles. The topological polar surface area (TPSA) is 35.5 Å². The summed E-state index contributed by atoms with van der Waals surface area (Å²) in [7, 11) is 0. The van der Waals surface area contributed by atoms with Crippen LogP contribution in [-0.4, -0.2) is 19.4 Å². The van der Waals surface area contributed by atoms with Crippen LogP contribution in [0.15, 0.2) is 0 Å². The van der Waals surface area contributed by atoms with Crippen molar-refractivity contribution in [1.82, 2.24) is 0 Å². The normalized spacial score (nSPS) is 10.5. The SMILES string of the molecule is CCCCCCCCCCCOC(=O)OCCCCC. The molecule has 3 nitrogen and oxygen atoms in total. The highest BCUT2D eigenvalue weighted by Crippen LogP contribution is 2.09. The van der Waals surface area contributed by atoms with Crippen LogP contribution in [0.5, 0.6) is 0 Å². The zero-order chi connectivity index (χ0) is 14.9. The minimum Gasteiger partial charge on any atom is -0.434 e. The smallest absolute Gasteiger partial charge is 0.434 e. The van der Waals surface area contributed by atoms with Crippen molar-refractivity contribution in [2.75, 3.05) is 13.2 Å². The van der Waals surface area contributed by atoms with Crippen molar-refractivity contribution in [3.05, 3.63) is 0 Å². The number of carbonyl (C=O) groups is 1. The first-order valence-corrected chi connectivity index (χ1v) is 8.60. The van der Waals surface area contributed by atoms with Crippen LogP contribution in [0, 0.1) is 0 Å². The minimum atomic E-state index is -0.499. The van der Waals surface area contributed by atoms with Crippen LogP contribution in [0.3, 0.4) is 0 Å². The molecule has 0 aromatic rings. The molecule has 0 aromatic heterocycles. The van der Waals surface area contributed by atoms with Gasteiger partial charge in [0, 0.05) is 0 Å². The lowest BCUT2D eigenvalue weighted by Gasteiger charge is -2.06. The summed E-state index contributed by atoms with van der Waals surface area (Å²) in [6, 6.07) is 0. The number of ether oxygens (including phenoxy) is 2. The molecule has 0 saturated carbocycles. The van der Waals surface area contributed by atoms with Gasteiger partial charge in [-0.25, -0.2) is 4.79 Å². The van der Waals surface area contributed by atoms with Crippen LogP contribution in [0.4, 0.5) is 4.79 Å². The zero-order valence-electron chi connectivity index (χ0n) is 13.6. The summed E-state index contributed by atoms with van der Waals surface area (Å²) in [6.45, 7) is 5.36. The third-order valence-electron chi connectivity index (χ3n) is 3.44. The largest absolute Gasteiger partial charge is 0.508 e. The maximum absolute atomic E-state index is 11.2. The van der Waals surface area contributed by atoms with Gasteiger partial charge in [0.1, 0.15) is 0 Å². The molecule has 0 unspecified atom stereocenters. The van der Waals surface area contributed by atoms with Crippen LogP contribution < -0.4 is 0 Å². The molecular weight excluding hydrogens is 252 g/mol. The Kier molecular flexibility index (Phi) is 15.7. The highest BCUT2D eigenvalue weighted by Gasteiger charge is 2.02. The van der Waals surface area contributed by atoms with Crippen LogP contribution >= 0.6 is 0 Å². The Balaban J connectivity index is 3.09. The summed E-state index contributed by atoms with van der Waals surface area (Å²) in [6.07, 6.45) is 14.1. The van der Waals surface area contributed by atoms with E-state index in [-0.39, 0.29) is 0 Å². The van der Waals surface area contributed by atoms with Crippen molar-refractivity contribution in [3.63, 3.8) is 0 Å². The summed E-state index contributed by atoms with van der Waals surface area (Å²) < 4.78 is 9.99. The third kappa shape index (κ3) is 15.3. The summed E-state index contributed by atoms with van der Waals surface area (Å²) in [4.78, 5) is 11.2. The van der Waals surface area contributed by atoms with Gasteiger partial charge >= 0.3 is 6.16 Å². The van der Waals surface area contributed by atoms with Crippen LogP contribution in [0.25, 0.3) is 0 Å². The van der Waals surface area contributed by atoms with Gasteiger partial charge in [-0.15, -0.1) is 0 Å². The first kappa shape index (κ1) is 19.3. The first-order chi connectivity index (χ1) is 9.81. The number of hydrogen-bond donors (Lipinski definition) is 0. The Hall–Kier alpha value is -0.730. The number of rotatable bonds is 14. The van der Waals surface area contributed by atoms with E-state index in [1.165, 1.54) is 44.9 Å². The fourth-order valence-electron chi connectivity index (χ4n) is 2.12. The second-order valence-electron chi connectivity index (χ2n) is 5.48. The van der Waals surface area contributed by atoms with Crippen LogP contribution in [0.2, 0.25) is 0 Å². The van der Waals surface area contributed by atoms with Gasteiger partial charge in [0.25, 0.3) is 0 Å². The summed E-state index contributed by atoms with van der Waals surface area (Å²) in [5.41, 5.74) is 0. The van der Waals surface area contributed by atoms with Crippen LogP contribution in [-0.2, 0) is 9.47 Å². The monoisotopic (exact) mass is 286 g/mol. The molecule has 3 heteroatoms. The molecule has 0 aliphatic heterocycles. The molecule has 0 fully saturated rings. The predicted molar refractivity (Wildman–Crippen MR) is 84.1 cm³/mol. The maximum atomic E-state index is 11.2. The van der Waals surface area contributed by atoms with E-state index in [1.54, 1.807) is 0 Å². The van der Waals surface area contributed by atoms with Crippen LogP contribution in [0.1, 0.15) is 90.9 Å².